The monoisotopic (exact) mass is 291 g/mol. The largest absolute Gasteiger partial charge is 0.409 e. The van der Waals surface area contributed by atoms with Gasteiger partial charge >= 0.3 is 0 Å². The van der Waals surface area contributed by atoms with E-state index in [0.29, 0.717) is 12.0 Å². The van der Waals surface area contributed by atoms with E-state index in [1.807, 2.05) is 19.2 Å². The molecule has 1 amide bonds. The number of amidine groups is 1. The van der Waals surface area contributed by atoms with E-state index in [2.05, 4.69) is 32.9 Å². The van der Waals surface area contributed by atoms with Crippen LogP contribution in [0.3, 0.4) is 0 Å². The smallest absolute Gasteiger partial charge is 0.226 e. The Morgan fingerprint density at radius 1 is 1.33 bits per heavy atom. The topological polar surface area (TPSA) is 78.9 Å². The van der Waals surface area contributed by atoms with Crippen LogP contribution in [-0.2, 0) is 11.2 Å². The number of hydrogen-bond donors (Lipinski definition) is 2. The number of likely N-dealkylation sites (N-methyl/N-ethyl adjacent to an activating group) is 1. The first kappa shape index (κ1) is 17.0. The molecule has 0 bridgehead atoms. The second kappa shape index (κ2) is 6.61. The first-order valence-corrected chi connectivity index (χ1v) is 6.99. The van der Waals surface area contributed by atoms with Crippen molar-refractivity contribution < 1.29 is 10.0 Å². The molecule has 0 saturated heterocycles. The van der Waals surface area contributed by atoms with Gasteiger partial charge in [-0.1, -0.05) is 50.2 Å². The molecular weight excluding hydrogens is 266 g/mol. The quantitative estimate of drug-likeness (QED) is 0.386. The van der Waals surface area contributed by atoms with Crippen LogP contribution >= 0.6 is 0 Å². The maximum atomic E-state index is 12.3. The number of carbonyl (C=O) groups excluding carboxylic acids is 1. The molecule has 1 aromatic carbocycles. The molecule has 5 nitrogen and oxygen atoms in total. The number of benzene rings is 1. The Bertz CT molecular complexity index is 515. The van der Waals surface area contributed by atoms with Gasteiger partial charge in [0.05, 0.1) is 6.42 Å². The molecule has 116 valence electrons. The molecule has 5 heteroatoms. The highest BCUT2D eigenvalue weighted by Crippen LogP contribution is 2.23. The summed E-state index contributed by atoms with van der Waals surface area (Å²) in [6.45, 7) is 8.41. The number of hydrogen-bond acceptors (Lipinski definition) is 3. The van der Waals surface area contributed by atoms with Gasteiger partial charge in [0, 0.05) is 18.7 Å². The summed E-state index contributed by atoms with van der Waals surface area (Å²) in [5.74, 6) is 0.139. The Labute approximate surface area is 126 Å². The fourth-order valence-corrected chi connectivity index (χ4v) is 1.95. The Kier molecular flexibility index (Phi) is 5.35. The van der Waals surface area contributed by atoms with Crippen molar-refractivity contribution in [3.63, 3.8) is 0 Å². The summed E-state index contributed by atoms with van der Waals surface area (Å²) < 4.78 is 0. The summed E-state index contributed by atoms with van der Waals surface area (Å²) in [5, 5.41) is 11.6. The lowest BCUT2D eigenvalue weighted by molar-refractivity contribution is -0.132. The van der Waals surface area contributed by atoms with Crippen molar-refractivity contribution in [2.45, 2.75) is 40.2 Å². The lowest BCUT2D eigenvalue weighted by Gasteiger charge is -2.35. The van der Waals surface area contributed by atoms with Gasteiger partial charge in [0.2, 0.25) is 5.91 Å². The second-order valence-electron chi connectivity index (χ2n) is 6.41. The van der Waals surface area contributed by atoms with Crippen molar-refractivity contribution in [3.8, 4) is 0 Å². The Hall–Kier alpha value is -2.04. The van der Waals surface area contributed by atoms with Gasteiger partial charge in [0.25, 0.3) is 0 Å². The molecular formula is C16H25N3O2. The van der Waals surface area contributed by atoms with Crippen LogP contribution in [0.25, 0.3) is 0 Å². The highest BCUT2D eigenvalue weighted by Gasteiger charge is 2.26. The van der Waals surface area contributed by atoms with E-state index in [4.69, 9.17) is 10.9 Å². The standard InChI is InChI=1S/C16H25N3O2/c1-11(16(2,3)4)19(5)14(20)10-12-6-8-13(9-7-12)15(17)18-21/h6-9,11,21H,10H2,1-5H3,(H2,17,18). The molecule has 21 heavy (non-hydrogen) atoms. The summed E-state index contributed by atoms with van der Waals surface area (Å²) in [6.07, 6.45) is 0.341. The normalized spacial score (nSPS) is 13.9. The molecule has 0 aromatic heterocycles. The van der Waals surface area contributed by atoms with Gasteiger partial charge in [0.1, 0.15) is 0 Å². The fraction of sp³-hybridized carbons (Fsp3) is 0.500. The van der Waals surface area contributed by atoms with E-state index < -0.39 is 0 Å². The molecule has 0 aliphatic rings. The molecule has 0 fully saturated rings. The summed E-state index contributed by atoms with van der Waals surface area (Å²) in [6, 6.07) is 7.28. The van der Waals surface area contributed by atoms with Gasteiger partial charge in [0.15, 0.2) is 5.84 Å². The maximum Gasteiger partial charge on any atom is 0.226 e. The molecule has 0 aliphatic heterocycles. The summed E-state index contributed by atoms with van der Waals surface area (Å²) in [4.78, 5) is 14.1. The first-order valence-electron chi connectivity index (χ1n) is 6.99. The van der Waals surface area contributed by atoms with Gasteiger partial charge in [-0.25, -0.2) is 0 Å². The van der Waals surface area contributed by atoms with Crippen LogP contribution in [0, 0.1) is 5.41 Å². The molecule has 0 spiro atoms. The zero-order chi connectivity index (χ0) is 16.2. The number of oxime groups is 1. The third kappa shape index (κ3) is 4.48. The summed E-state index contributed by atoms with van der Waals surface area (Å²) in [5.41, 5.74) is 7.08. The third-order valence-electron chi connectivity index (χ3n) is 3.94. The average molecular weight is 291 g/mol. The summed E-state index contributed by atoms with van der Waals surface area (Å²) >= 11 is 0. The molecule has 3 N–H and O–H groups in total. The van der Waals surface area contributed by atoms with Gasteiger partial charge < -0.3 is 15.8 Å². The number of nitrogens with two attached hydrogens (primary N) is 1. The van der Waals surface area contributed by atoms with Crippen LogP contribution in [0.15, 0.2) is 29.4 Å². The van der Waals surface area contributed by atoms with E-state index in [1.165, 1.54) is 0 Å². The van der Waals surface area contributed by atoms with Crippen LogP contribution in [0.2, 0.25) is 0 Å². The van der Waals surface area contributed by atoms with Crippen molar-refractivity contribution >= 4 is 11.7 Å². The van der Waals surface area contributed by atoms with Gasteiger partial charge in [-0.2, -0.15) is 0 Å². The minimum Gasteiger partial charge on any atom is -0.409 e. The average Bonchev–Trinajstić information content (AvgIpc) is 2.44. The van der Waals surface area contributed by atoms with E-state index in [-0.39, 0.29) is 23.2 Å². The Morgan fingerprint density at radius 3 is 2.29 bits per heavy atom. The molecule has 1 unspecified atom stereocenters. The molecule has 1 aromatic rings. The van der Waals surface area contributed by atoms with Crippen molar-refractivity contribution in [2.24, 2.45) is 16.3 Å². The van der Waals surface area contributed by atoms with Crippen LogP contribution in [-0.4, -0.2) is 34.9 Å². The highest BCUT2D eigenvalue weighted by molar-refractivity contribution is 5.97. The predicted octanol–water partition coefficient (Wildman–Crippen LogP) is 2.22. The van der Waals surface area contributed by atoms with Gasteiger partial charge in [-0.3, -0.25) is 4.79 Å². The second-order valence-corrected chi connectivity index (χ2v) is 6.41. The van der Waals surface area contributed by atoms with Gasteiger partial charge in [-0.15, -0.1) is 0 Å². The minimum atomic E-state index is 0.0420. The van der Waals surface area contributed by atoms with Crippen LogP contribution in [0.5, 0.6) is 0 Å². The number of nitrogens with zero attached hydrogens (tertiary/aromatic N) is 2. The van der Waals surface area contributed by atoms with E-state index in [9.17, 15) is 4.79 Å². The highest BCUT2D eigenvalue weighted by atomic mass is 16.4. The number of carbonyl (C=O) groups is 1. The van der Waals surface area contributed by atoms with Crippen LogP contribution in [0.1, 0.15) is 38.8 Å². The molecule has 0 radical (unpaired) electrons. The van der Waals surface area contributed by atoms with Crippen molar-refractivity contribution in [1.29, 1.82) is 0 Å². The maximum absolute atomic E-state index is 12.3. The van der Waals surface area contributed by atoms with Crippen molar-refractivity contribution in [3.05, 3.63) is 35.4 Å². The number of rotatable bonds is 4. The zero-order valence-electron chi connectivity index (χ0n) is 13.4. The fourth-order valence-electron chi connectivity index (χ4n) is 1.95. The van der Waals surface area contributed by atoms with Crippen molar-refractivity contribution in [1.82, 2.24) is 4.90 Å². The van der Waals surface area contributed by atoms with E-state index >= 15 is 0 Å². The number of amides is 1. The molecule has 0 aliphatic carbocycles. The first-order chi connectivity index (χ1) is 9.66. The molecule has 0 saturated carbocycles. The summed E-state index contributed by atoms with van der Waals surface area (Å²) in [7, 11) is 1.84. The van der Waals surface area contributed by atoms with Gasteiger partial charge in [-0.05, 0) is 17.9 Å². The van der Waals surface area contributed by atoms with E-state index in [0.717, 1.165) is 5.56 Å². The predicted molar refractivity (Wildman–Crippen MR) is 84.3 cm³/mol. The minimum absolute atomic E-state index is 0.0420. The lowest BCUT2D eigenvalue weighted by atomic mass is 9.87. The Morgan fingerprint density at radius 2 is 1.86 bits per heavy atom. The van der Waals surface area contributed by atoms with Crippen LogP contribution < -0.4 is 5.73 Å². The molecule has 1 atom stereocenters. The van der Waals surface area contributed by atoms with Crippen molar-refractivity contribution in [2.75, 3.05) is 7.05 Å². The Balaban J connectivity index is 2.75. The zero-order valence-corrected chi connectivity index (χ0v) is 13.4. The molecule has 1 rings (SSSR count). The lowest BCUT2D eigenvalue weighted by Crippen LogP contribution is -2.43. The van der Waals surface area contributed by atoms with E-state index in [1.54, 1.807) is 17.0 Å². The SMILES string of the molecule is CC(N(C)C(=O)Cc1ccc(C(N)=NO)cc1)C(C)(C)C. The molecule has 0 heterocycles. The van der Waals surface area contributed by atoms with Crippen LogP contribution in [0.4, 0.5) is 0 Å². The third-order valence-corrected chi connectivity index (χ3v) is 3.94.